The molecule has 0 aliphatic carbocycles. The van der Waals surface area contributed by atoms with Crippen LogP contribution in [0.1, 0.15) is 0 Å². The van der Waals surface area contributed by atoms with Crippen molar-refractivity contribution in [2.24, 2.45) is 0 Å². The maximum atomic E-state index is 11.7. The zero-order chi connectivity index (χ0) is 13.5. The highest BCUT2D eigenvalue weighted by atomic mass is 32.2. The first-order valence-corrected chi connectivity index (χ1v) is 7.25. The second kappa shape index (κ2) is 4.29. The van der Waals surface area contributed by atoms with E-state index in [1.165, 1.54) is 4.31 Å². The molecule has 7 heteroatoms. The first-order valence-electron chi connectivity index (χ1n) is 5.81. The zero-order valence-corrected chi connectivity index (χ0v) is 10.8. The van der Waals surface area contributed by atoms with E-state index < -0.39 is 10.2 Å². The number of hydrogen-bond acceptors (Lipinski definition) is 3. The van der Waals surface area contributed by atoms with Crippen molar-refractivity contribution in [3.05, 3.63) is 36.7 Å². The Morgan fingerprint density at radius 2 is 2.05 bits per heavy atom. The Morgan fingerprint density at radius 1 is 1.21 bits per heavy atom. The zero-order valence-electron chi connectivity index (χ0n) is 10.00. The van der Waals surface area contributed by atoms with Crippen molar-refractivity contribution in [2.45, 2.75) is 0 Å². The summed E-state index contributed by atoms with van der Waals surface area (Å²) in [5.41, 5.74) is 2.06. The van der Waals surface area contributed by atoms with E-state index in [0.29, 0.717) is 18.8 Å². The Kier molecular flexibility index (Phi) is 2.72. The Bertz CT molecular complexity index is 695. The summed E-state index contributed by atoms with van der Waals surface area (Å²) in [5.74, 6) is -0.0500. The standard InChI is InChI=1S/C12H13N3O3S/c16-12-7-9(10-3-4-13-8-10)1-2-11(12)15-6-5-14-19(15,17)18/h1-4,7-8,13-14,16H,5-6H2. The molecular formula is C12H13N3O3S. The largest absolute Gasteiger partial charge is 0.506 e. The van der Waals surface area contributed by atoms with E-state index in [0.717, 1.165) is 11.1 Å². The van der Waals surface area contributed by atoms with Gasteiger partial charge in [-0.15, -0.1) is 0 Å². The van der Waals surface area contributed by atoms with E-state index in [1.54, 1.807) is 24.4 Å². The van der Waals surface area contributed by atoms with Gasteiger partial charge in [-0.25, -0.2) is 0 Å². The number of phenols is 1. The Labute approximate surface area is 110 Å². The minimum atomic E-state index is -3.51. The molecule has 3 rings (SSSR count). The summed E-state index contributed by atoms with van der Waals surface area (Å²) in [6, 6.07) is 6.84. The van der Waals surface area contributed by atoms with Crippen LogP contribution in [-0.4, -0.2) is 31.6 Å². The molecule has 0 atom stereocenters. The number of nitrogens with zero attached hydrogens (tertiary/aromatic N) is 1. The van der Waals surface area contributed by atoms with Gasteiger partial charge in [0.15, 0.2) is 0 Å². The van der Waals surface area contributed by atoms with Crippen molar-refractivity contribution >= 4 is 15.9 Å². The lowest BCUT2D eigenvalue weighted by molar-refractivity contribution is 0.476. The topological polar surface area (TPSA) is 85.4 Å². The molecule has 1 aromatic heterocycles. The van der Waals surface area contributed by atoms with Crippen molar-refractivity contribution in [2.75, 3.05) is 17.4 Å². The molecular weight excluding hydrogens is 266 g/mol. The molecule has 2 heterocycles. The summed E-state index contributed by atoms with van der Waals surface area (Å²) in [6.45, 7) is 0.667. The predicted molar refractivity (Wildman–Crippen MR) is 72.2 cm³/mol. The van der Waals surface area contributed by atoms with Crippen LogP contribution in [0.2, 0.25) is 0 Å². The predicted octanol–water partition coefficient (Wildman–Crippen LogP) is 1.04. The third kappa shape index (κ3) is 2.06. The maximum Gasteiger partial charge on any atom is 0.301 e. The average molecular weight is 279 g/mol. The Balaban J connectivity index is 2.01. The molecule has 1 fully saturated rings. The van der Waals surface area contributed by atoms with Crippen molar-refractivity contribution in [1.29, 1.82) is 0 Å². The molecule has 100 valence electrons. The monoisotopic (exact) mass is 279 g/mol. The van der Waals surface area contributed by atoms with Crippen LogP contribution in [0.15, 0.2) is 36.7 Å². The fraction of sp³-hybridized carbons (Fsp3) is 0.167. The first kappa shape index (κ1) is 12.1. The van der Waals surface area contributed by atoms with Gasteiger partial charge in [-0.2, -0.15) is 13.1 Å². The fourth-order valence-corrected chi connectivity index (χ4v) is 3.39. The summed E-state index contributed by atoms with van der Waals surface area (Å²) in [6.07, 6.45) is 3.59. The molecule has 2 aromatic rings. The lowest BCUT2D eigenvalue weighted by Gasteiger charge is -2.17. The van der Waals surface area contributed by atoms with E-state index in [1.807, 2.05) is 12.3 Å². The highest BCUT2D eigenvalue weighted by Crippen LogP contribution is 2.34. The van der Waals surface area contributed by atoms with Gasteiger partial charge < -0.3 is 10.1 Å². The number of nitrogens with one attached hydrogen (secondary N) is 2. The number of H-pyrrole nitrogens is 1. The van der Waals surface area contributed by atoms with Crippen LogP contribution < -0.4 is 9.03 Å². The number of anilines is 1. The van der Waals surface area contributed by atoms with Gasteiger partial charge in [-0.05, 0) is 29.3 Å². The van der Waals surface area contributed by atoms with Crippen LogP contribution in [0, 0.1) is 0 Å². The second-order valence-corrected chi connectivity index (χ2v) is 5.95. The van der Waals surface area contributed by atoms with Crippen molar-refractivity contribution in [3.8, 4) is 16.9 Å². The van der Waals surface area contributed by atoms with E-state index >= 15 is 0 Å². The molecule has 6 nitrogen and oxygen atoms in total. The molecule has 0 radical (unpaired) electrons. The van der Waals surface area contributed by atoms with Crippen LogP contribution in [0.25, 0.3) is 11.1 Å². The second-order valence-electron chi connectivity index (χ2n) is 4.27. The smallest absolute Gasteiger partial charge is 0.301 e. The van der Waals surface area contributed by atoms with Crippen molar-refractivity contribution < 1.29 is 13.5 Å². The fourth-order valence-electron chi connectivity index (χ4n) is 2.14. The van der Waals surface area contributed by atoms with Crippen LogP contribution in [-0.2, 0) is 10.2 Å². The number of hydrogen-bond donors (Lipinski definition) is 3. The molecule has 0 amide bonds. The first-order chi connectivity index (χ1) is 9.08. The Hall–Kier alpha value is -1.99. The van der Waals surface area contributed by atoms with Crippen LogP contribution in [0.3, 0.4) is 0 Å². The molecule has 0 spiro atoms. The number of phenolic OH excluding ortho intramolecular Hbond substituents is 1. The van der Waals surface area contributed by atoms with Crippen LogP contribution in [0.5, 0.6) is 5.75 Å². The summed E-state index contributed by atoms with van der Waals surface area (Å²) in [4.78, 5) is 2.93. The van der Waals surface area contributed by atoms with Crippen LogP contribution >= 0.6 is 0 Å². The number of aromatic amines is 1. The van der Waals surface area contributed by atoms with Gasteiger partial charge in [-0.1, -0.05) is 6.07 Å². The third-order valence-corrected chi connectivity index (χ3v) is 4.59. The molecule has 1 aliphatic rings. The number of aromatic nitrogens is 1. The van der Waals surface area contributed by atoms with Gasteiger partial charge in [0.05, 0.1) is 5.69 Å². The molecule has 19 heavy (non-hydrogen) atoms. The normalized spacial score (nSPS) is 17.8. The van der Waals surface area contributed by atoms with Gasteiger partial charge in [0.2, 0.25) is 0 Å². The van der Waals surface area contributed by atoms with Gasteiger partial charge in [-0.3, -0.25) is 4.31 Å². The van der Waals surface area contributed by atoms with Crippen molar-refractivity contribution in [3.63, 3.8) is 0 Å². The van der Waals surface area contributed by atoms with Gasteiger partial charge in [0, 0.05) is 25.5 Å². The number of aromatic hydroxyl groups is 1. The number of benzene rings is 1. The summed E-state index contributed by atoms with van der Waals surface area (Å²) < 4.78 is 27.0. The molecule has 0 saturated carbocycles. The molecule has 3 N–H and O–H groups in total. The van der Waals surface area contributed by atoms with Gasteiger partial charge in [0.1, 0.15) is 5.75 Å². The third-order valence-electron chi connectivity index (χ3n) is 3.06. The number of rotatable bonds is 2. The van der Waals surface area contributed by atoms with E-state index in [4.69, 9.17) is 0 Å². The highest BCUT2D eigenvalue weighted by molar-refractivity contribution is 7.91. The maximum absolute atomic E-state index is 11.7. The van der Waals surface area contributed by atoms with Gasteiger partial charge in [0.25, 0.3) is 0 Å². The quantitative estimate of drug-likeness (QED) is 0.768. The minimum absolute atomic E-state index is 0.0500. The van der Waals surface area contributed by atoms with E-state index in [9.17, 15) is 13.5 Å². The molecule has 1 aromatic carbocycles. The summed E-state index contributed by atoms with van der Waals surface area (Å²) in [5, 5.41) is 10.0. The SMILES string of the molecule is O=S1(=O)NCCN1c1ccc(-c2cc[nH]c2)cc1O. The van der Waals surface area contributed by atoms with E-state index in [-0.39, 0.29) is 5.75 Å². The lowest BCUT2D eigenvalue weighted by atomic mass is 10.1. The molecule has 1 aliphatic heterocycles. The highest BCUT2D eigenvalue weighted by Gasteiger charge is 2.29. The lowest BCUT2D eigenvalue weighted by Crippen LogP contribution is -2.29. The summed E-state index contributed by atoms with van der Waals surface area (Å²) in [7, 11) is -3.51. The van der Waals surface area contributed by atoms with E-state index in [2.05, 4.69) is 9.71 Å². The van der Waals surface area contributed by atoms with Gasteiger partial charge >= 0.3 is 10.2 Å². The summed E-state index contributed by atoms with van der Waals surface area (Å²) >= 11 is 0. The Morgan fingerprint density at radius 3 is 2.63 bits per heavy atom. The van der Waals surface area contributed by atoms with Crippen LogP contribution in [0.4, 0.5) is 5.69 Å². The minimum Gasteiger partial charge on any atom is -0.506 e. The molecule has 0 bridgehead atoms. The van der Waals surface area contributed by atoms with Crippen molar-refractivity contribution in [1.82, 2.24) is 9.71 Å². The molecule has 1 saturated heterocycles. The average Bonchev–Trinajstić information content (AvgIpc) is 2.98. The molecule has 0 unspecified atom stereocenters.